The van der Waals surface area contributed by atoms with E-state index in [-0.39, 0.29) is 16.8 Å². The highest BCUT2D eigenvalue weighted by molar-refractivity contribution is 7.90. The minimum Gasteiger partial charge on any atom is -0.452 e. The predicted molar refractivity (Wildman–Crippen MR) is 125 cm³/mol. The Hall–Kier alpha value is -3.65. The lowest BCUT2D eigenvalue weighted by Crippen LogP contribution is -2.24. The van der Waals surface area contributed by atoms with Gasteiger partial charge in [-0.25, -0.2) is 12.4 Å². The van der Waals surface area contributed by atoms with Crippen molar-refractivity contribution in [1.82, 2.24) is 8.54 Å². The number of ether oxygens (including phenoxy) is 1. The van der Waals surface area contributed by atoms with Crippen molar-refractivity contribution >= 4 is 26.9 Å². The van der Waals surface area contributed by atoms with Crippen molar-refractivity contribution < 1.29 is 17.9 Å². The zero-order valence-corrected chi connectivity index (χ0v) is 19.1. The molecule has 2 heterocycles. The number of carbonyl (C=O) groups excluding carboxylic acids is 1. The van der Waals surface area contributed by atoms with Crippen molar-refractivity contribution in [3.8, 4) is 0 Å². The van der Waals surface area contributed by atoms with E-state index in [0.717, 1.165) is 9.54 Å². The topological polar surface area (TPSA) is 87.4 Å². The number of pyridine rings is 1. The number of hydrogen-bond donors (Lipinski definition) is 0. The van der Waals surface area contributed by atoms with Crippen molar-refractivity contribution in [3.63, 3.8) is 0 Å². The third kappa shape index (κ3) is 4.09. The Bertz CT molecular complexity index is 1480. The normalized spacial score (nSPS) is 12.6. The summed E-state index contributed by atoms with van der Waals surface area (Å²) in [7, 11) is -2.49. The van der Waals surface area contributed by atoms with Crippen LogP contribution in [0.4, 0.5) is 0 Å². The molecule has 33 heavy (non-hydrogen) atoms. The largest absolute Gasteiger partial charge is 0.452 e. The predicted octanol–water partition coefficient (Wildman–Crippen LogP) is 3.74. The van der Waals surface area contributed by atoms with Crippen LogP contribution >= 0.6 is 0 Å². The van der Waals surface area contributed by atoms with E-state index in [4.69, 9.17) is 4.74 Å². The molecule has 0 N–H and O–H groups in total. The van der Waals surface area contributed by atoms with Crippen LogP contribution in [0, 0.1) is 13.8 Å². The molecule has 1 unspecified atom stereocenters. The molecule has 0 bridgehead atoms. The standard InChI is InChI=1S/C25H23N2O5S/c1-4-22(28)32-24(18-8-6-5-7-9-18)21-16-26(3)25(29)23-20(21)14-15-27(23)33(30,31)19-12-10-17(2)11-13-19/h5-16,24H,1,4H2,2-3H3. The maximum absolute atomic E-state index is 13.4. The number of nitrogens with zero attached hydrogens (tertiary/aromatic N) is 2. The van der Waals surface area contributed by atoms with Crippen LogP contribution in [0.3, 0.4) is 0 Å². The monoisotopic (exact) mass is 463 g/mol. The van der Waals surface area contributed by atoms with Crippen LogP contribution in [0.15, 0.2) is 82.7 Å². The van der Waals surface area contributed by atoms with E-state index in [2.05, 4.69) is 6.92 Å². The molecular formula is C25H23N2O5S. The second-order valence-electron chi connectivity index (χ2n) is 7.72. The van der Waals surface area contributed by atoms with Crippen LogP contribution in [0.25, 0.3) is 10.9 Å². The number of aryl methyl sites for hydroxylation is 2. The Balaban J connectivity index is 1.97. The number of rotatable bonds is 6. The maximum Gasteiger partial charge on any atom is 0.306 e. The van der Waals surface area contributed by atoms with Gasteiger partial charge in [-0.05, 0) is 37.6 Å². The van der Waals surface area contributed by atoms with E-state index in [0.29, 0.717) is 16.5 Å². The molecule has 0 fully saturated rings. The molecule has 0 amide bonds. The summed E-state index contributed by atoms with van der Waals surface area (Å²) < 4.78 is 34.7. The van der Waals surface area contributed by atoms with Gasteiger partial charge >= 0.3 is 5.97 Å². The minimum atomic E-state index is -4.03. The number of aromatic nitrogens is 2. The van der Waals surface area contributed by atoms with Crippen LogP contribution in [-0.4, -0.2) is 22.9 Å². The summed E-state index contributed by atoms with van der Waals surface area (Å²) in [5, 5.41) is 0.388. The smallest absolute Gasteiger partial charge is 0.306 e. The molecule has 1 atom stereocenters. The molecule has 1 radical (unpaired) electrons. The van der Waals surface area contributed by atoms with Gasteiger partial charge in [0.05, 0.1) is 4.90 Å². The lowest BCUT2D eigenvalue weighted by atomic mass is 10.00. The molecule has 0 saturated carbocycles. The summed E-state index contributed by atoms with van der Waals surface area (Å²) in [5.41, 5.74) is 1.61. The van der Waals surface area contributed by atoms with Gasteiger partial charge in [-0.1, -0.05) is 48.0 Å². The van der Waals surface area contributed by atoms with E-state index < -0.39 is 27.7 Å². The highest BCUT2D eigenvalue weighted by Crippen LogP contribution is 2.32. The summed E-state index contributed by atoms with van der Waals surface area (Å²) in [5.74, 6) is -0.516. The van der Waals surface area contributed by atoms with Gasteiger partial charge in [-0.15, -0.1) is 0 Å². The number of carbonyl (C=O) groups is 1. The molecule has 4 aromatic rings. The maximum atomic E-state index is 13.4. The van der Waals surface area contributed by atoms with Gasteiger partial charge in [-0.2, -0.15) is 0 Å². The van der Waals surface area contributed by atoms with E-state index >= 15 is 0 Å². The van der Waals surface area contributed by atoms with Crippen LogP contribution in [0.5, 0.6) is 0 Å². The van der Waals surface area contributed by atoms with Crippen molar-refractivity contribution in [1.29, 1.82) is 0 Å². The molecule has 0 aliphatic rings. The molecule has 0 saturated heterocycles. The summed E-state index contributed by atoms with van der Waals surface area (Å²) in [6.07, 6.45) is 2.02. The third-order valence-corrected chi connectivity index (χ3v) is 7.12. The fraction of sp³-hybridized carbons (Fsp3) is 0.160. The molecule has 0 spiro atoms. The van der Waals surface area contributed by atoms with E-state index in [1.54, 1.807) is 36.5 Å². The zero-order chi connectivity index (χ0) is 23.8. The van der Waals surface area contributed by atoms with Gasteiger partial charge < -0.3 is 9.30 Å². The molecule has 2 aromatic carbocycles. The lowest BCUT2D eigenvalue weighted by molar-refractivity contribution is -0.146. The van der Waals surface area contributed by atoms with Gasteiger partial charge in [0.25, 0.3) is 15.6 Å². The van der Waals surface area contributed by atoms with E-state index in [9.17, 15) is 18.0 Å². The Kier molecular flexibility index (Phi) is 5.95. The van der Waals surface area contributed by atoms with Gasteiger partial charge in [0.1, 0.15) is 5.52 Å². The minimum absolute atomic E-state index is 0.0119. The van der Waals surface area contributed by atoms with Gasteiger partial charge in [0.15, 0.2) is 6.10 Å². The summed E-state index contributed by atoms with van der Waals surface area (Å²) >= 11 is 0. The third-order valence-electron chi connectivity index (χ3n) is 5.43. The summed E-state index contributed by atoms with van der Waals surface area (Å²) in [4.78, 5) is 25.3. The van der Waals surface area contributed by atoms with Gasteiger partial charge in [0, 0.05) is 36.8 Å². The number of fused-ring (bicyclic) bond motifs is 1. The van der Waals surface area contributed by atoms with Crippen LogP contribution in [0.1, 0.15) is 29.2 Å². The highest BCUT2D eigenvalue weighted by Gasteiger charge is 2.27. The summed E-state index contributed by atoms with van der Waals surface area (Å²) in [6.45, 7) is 5.44. The van der Waals surface area contributed by atoms with E-state index in [1.807, 2.05) is 25.1 Å². The Labute approximate surface area is 191 Å². The average Bonchev–Trinajstić information content (AvgIpc) is 3.27. The molecular weight excluding hydrogens is 440 g/mol. The average molecular weight is 464 g/mol. The van der Waals surface area contributed by atoms with Crippen molar-refractivity contribution in [2.24, 2.45) is 7.05 Å². The van der Waals surface area contributed by atoms with Crippen LogP contribution in [0.2, 0.25) is 0 Å². The quantitative estimate of drug-likeness (QED) is 0.407. The zero-order valence-electron chi connectivity index (χ0n) is 18.3. The molecule has 8 heteroatoms. The highest BCUT2D eigenvalue weighted by atomic mass is 32.2. The first-order valence-electron chi connectivity index (χ1n) is 10.3. The van der Waals surface area contributed by atoms with Crippen molar-refractivity contribution in [3.05, 3.63) is 107 Å². The molecule has 0 aliphatic heterocycles. The first-order valence-corrected chi connectivity index (χ1v) is 11.7. The number of esters is 1. The van der Waals surface area contributed by atoms with Crippen molar-refractivity contribution in [2.75, 3.05) is 0 Å². The van der Waals surface area contributed by atoms with Crippen LogP contribution in [-0.2, 0) is 26.6 Å². The Morgan fingerprint density at radius 2 is 1.73 bits per heavy atom. The molecule has 4 rings (SSSR count). The van der Waals surface area contributed by atoms with Gasteiger partial charge in [-0.3, -0.25) is 9.59 Å². The number of hydrogen-bond acceptors (Lipinski definition) is 5. The van der Waals surface area contributed by atoms with E-state index in [1.165, 1.54) is 29.9 Å². The molecule has 7 nitrogen and oxygen atoms in total. The SMILES string of the molecule is [CH2]CC(=O)OC(c1ccccc1)c1cn(C)c(=O)c2c1ccn2S(=O)(=O)c1ccc(C)cc1. The number of benzene rings is 2. The summed E-state index contributed by atoms with van der Waals surface area (Å²) in [6, 6.07) is 17.0. The molecule has 2 aromatic heterocycles. The fourth-order valence-corrected chi connectivity index (χ4v) is 5.07. The Morgan fingerprint density at radius 3 is 2.36 bits per heavy atom. The molecule has 169 valence electrons. The molecule has 0 aliphatic carbocycles. The van der Waals surface area contributed by atoms with Gasteiger partial charge in [0.2, 0.25) is 0 Å². The second kappa shape index (κ2) is 8.71. The second-order valence-corrected chi connectivity index (χ2v) is 9.54. The fourth-order valence-electron chi connectivity index (χ4n) is 3.72. The van der Waals surface area contributed by atoms with Crippen LogP contribution < -0.4 is 5.56 Å². The first-order chi connectivity index (χ1) is 15.7. The Morgan fingerprint density at radius 1 is 1.06 bits per heavy atom. The lowest BCUT2D eigenvalue weighted by Gasteiger charge is -2.20. The first kappa shape index (κ1) is 22.5. The van der Waals surface area contributed by atoms with Crippen molar-refractivity contribution in [2.45, 2.75) is 24.3 Å².